The van der Waals surface area contributed by atoms with E-state index in [9.17, 15) is 18.0 Å². The van der Waals surface area contributed by atoms with Crippen molar-refractivity contribution in [1.82, 2.24) is 24.6 Å². The third-order valence-corrected chi connectivity index (χ3v) is 7.42. The summed E-state index contributed by atoms with van der Waals surface area (Å²) in [6.07, 6.45) is 0.582. The van der Waals surface area contributed by atoms with Crippen LogP contribution >= 0.6 is 0 Å². The van der Waals surface area contributed by atoms with Crippen LogP contribution in [0, 0.1) is 13.8 Å². The maximum Gasteiger partial charge on any atom is 0.323 e. The minimum Gasteiger partial charge on any atom is -0.325 e. The van der Waals surface area contributed by atoms with Crippen LogP contribution in [0.4, 0.5) is 5.69 Å². The van der Waals surface area contributed by atoms with Gasteiger partial charge in [0.2, 0.25) is 5.91 Å². The molecule has 3 N–H and O–H groups in total. The molecule has 0 radical (unpaired) electrons. The highest BCUT2D eigenvalue weighted by atomic mass is 32.2. The second-order valence-corrected chi connectivity index (χ2v) is 10.4. The maximum absolute atomic E-state index is 12.5. The van der Waals surface area contributed by atoms with Crippen molar-refractivity contribution in [2.24, 2.45) is 0 Å². The molecule has 0 saturated carbocycles. The van der Waals surface area contributed by atoms with E-state index in [4.69, 9.17) is 0 Å². The van der Waals surface area contributed by atoms with Gasteiger partial charge in [-0.25, -0.2) is 13.2 Å². The van der Waals surface area contributed by atoms with Crippen LogP contribution in [0.15, 0.2) is 23.0 Å². The number of fused-ring (bicyclic) bond motifs is 1. The van der Waals surface area contributed by atoms with E-state index in [0.29, 0.717) is 29.7 Å². The standard InChI is InChI=1S/C20H26N6O4S/c1-12-16(13(2)26(24-12)15-6-7-31(29,30)11-15)9-25(3)10-19(27)21-14-4-5-17-18(8-14)23-20(28)22-17/h4-5,8,15H,6-7,9-11H2,1-3H3,(H,21,27)(H2,22,23,28)/t15-/m0/s1. The number of carbonyl (C=O) groups excluding carboxylic acids is 1. The molecule has 0 bridgehead atoms. The minimum absolute atomic E-state index is 0.124. The predicted octanol–water partition coefficient (Wildman–Crippen LogP) is 1.10. The van der Waals surface area contributed by atoms with Crippen LogP contribution in [0.2, 0.25) is 0 Å². The number of aryl methyl sites for hydroxylation is 1. The molecule has 1 amide bonds. The van der Waals surface area contributed by atoms with Gasteiger partial charge in [0.15, 0.2) is 9.84 Å². The fourth-order valence-corrected chi connectivity index (χ4v) is 5.82. The molecular weight excluding hydrogens is 420 g/mol. The Morgan fingerprint density at radius 1 is 1.29 bits per heavy atom. The Bertz CT molecular complexity index is 1300. The zero-order valence-corrected chi connectivity index (χ0v) is 18.5. The molecule has 1 atom stereocenters. The van der Waals surface area contributed by atoms with Crippen LogP contribution in [-0.4, -0.2) is 64.1 Å². The van der Waals surface area contributed by atoms with Crippen molar-refractivity contribution in [3.63, 3.8) is 0 Å². The number of H-pyrrole nitrogens is 2. The van der Waals surface area contributed by atoms with Crippen molar-refractivity contribution in [2.45, 2.75) is 32.9 Å². The molecule has 166 valence electrons. The molecule has 4 rings (SSSR count). The van der Waals surface area contributed by atoms with Crippen molar-refractivity contribution in [2.75, 3.05) is 30.4 Å². The first-order valence-electron chi connectivity index (χ1n) is 10.1. The number of aromatic nitrogens is 4. The summed E-state index contributed by atoms with van der Waals surface area (Å²) in [5.74, 6) is 0.154. The molecule has 0 aliphatic carbocycles. The number of nitrogens with zero attached hydrogens (tertiary/aromatic N) is 3. The number of benzene rings is 1. The van der Waals surface area contributed by atoms with Crippen LogP contribution in [-0.2, 0) is 21.2 Å². The van der Waals surface area contributed by atoms with E-state index in [1.165, 1.54) is 0 Å². The largest absolute Gasteiger partial charge is 0.325 e. The number of anilines is 1. The summed E-state index contributed by atoms with van der Waals surface area (Å²) in [5.41, 5.74) is 4.40. The third-order valence-electron chi connectivity index (χ3n) is 5.67. The quantitative estimate of drug-likeness (QED) is 0.519. The van der Waals surface area contributed by atoms with Crippen molar-refractivity contribution < 1.29 is 13.2 Å². The number of amides is 1. The maximum atomic E-state index is 12.5. The lowest BCUT2D eigenvalue weighted by atomic mass is 10.1. The minimum atomic E-state index is -2.99. The topological polar surface area (TPSA) is 133 Å². The summed E-state index contributed by atoms with van der Waals surface area (Å²) in [5, 5.41) is 7.43. The first kappa shape index (κ1) is 21.3. The smallest absolute Gasteiger partial charge is 0.323 e. The van der Waals surface area contributed by atoms with Crippen molar-refractivity contribution in [3.05, 3.63) is 45.6 Å². The first-order valence-corrected chi connectivity index (χ1v) is 11.9. The van der Waals surface area contributed by atoms with Gasteiger partial charge in [-0.3, -0.25) is 14.4 Å². The molecule has 31 heavy (non-hydrogen) atoms. The number of aromatic amines is 2. The van der Waals surface area contributed by atoms with Gasteiger partial charge in [0.25, 0.3) is 0 Å². The average Bonchev–Trinajstić information content (AvgIpc) is 3.31. The number of sulfone groups is 1. The highest BCUT2D eigenvalue weighted by Crippen LogP contribution is 2.27. The number of rotatable bonds is 6. The molecular formula is C20H26N6O4S. The molecule has 3 heterocycles. The van der Waals surface area contributed by atoms with Crippen molar-refractivity contribution in [3.8, 4) is 0 Å². The monoisotopic (exact) mass is 446 g/mol. The Kier molecular flexibility index (Phi) is 5.48. The summed E-state index contributed by atoms with van der Waals surface area (Å²) in [7, 11) is -1.14. The summed E-state index contributed by atoms with van der Waals surface area (Å²) >= 11 is 0. The van der Waals surface area contributed by atoms with Crippen LogP contribution in [0.5, 0.6) is 0 Å². The average molecular weight is 447 g/mol. The Morgan fingerprint density at radius 3 is 2.74 bits per heavy atom. The molecule has 1 fully saturated rings. The van der Waals surface area contributed by atoms with E-state index in [0.717, 1.165) is 17.0 Å². The molecule has 10 nitrogen and oxygen atoms in total. The van der Waals surface area contributed by atoms with Crippen LogP contribution in [0.3, 0.4) is 0 Å². The normalized spacial score (nSPS) is 18.1. The van der Waals surface area contributed by atoms with Gasteiger partial charge in [0, 0.05) is 23.5 Å². The third kappa shape index (κ3) is 4.57. The Morgan fingerprint density at radius 2 is 2.03 bits per heavy atom. The molecule has 2 aromatic heterocycles. The van der Waals surface area contributed by atoms with E-state index in [2.05, 4.69) is 20.4 Å². The van der Waals surface area contributed by atoms with Crippen LogP contribution < -0.4 is 11.0 Å². The molecule has 1 aliphatic heterocycles. The first-order chi connectivity index (χ1) is 14.6. The number of nitrogens with one attached hydrogen (secondary N) is 3. The summed E-state index contributed by atoms with van der Waals surface area (Å²) in [6, 6.07) is 5.05. The van der Waals surface area contributed by atoms with Gasteiger partial charge >= 0.3 is 5.69 Å². The lowest BCUT2D eigenvalue weighted by Crippen LogP contribution is -2.30. The Hall–Kier alpha value is -2.92. The van der Waals surface area contributed by atoms with Gasteiger partial charge in [-0.15, -0.1) is 0 Å². The van der Waals surface area contributed by atoms with Gasteiger partial charge in [-0.05, 0) is 45.5 Å². The second kappa shape index (κ2) is 7.97. The zero-order chi connectivity index (χ0) is 22.3. The van der Waals surface area contributed by atoms with E-state index < -0.39 is 9.84 Å². The number of imidazole rings is 1. The van der Waals surface area contributed by atoms with Crippen molar-refractivity contribution in [1.29, 1.82) is 0 Å². The lowest BCUT2D eigenvalue weighted by Gasteiger charge is -2.17. The highest BCUT2D eigenvalue weighted by Gasteiger charge is 2.31. The van der Waals surface area contributed by atoms with Crippen LogP contribution in [0.1, 0.15) is 29.4 Å². The summed E-state index contributed by atoms with van der Waals surface area (Å²) < 4.78 is 25.5. The predicted molar refractivity (Wildman–Crippen MR) is 118 cm³/mol. The molecule has 0 spiro atoms. The van der Waals surface area contributed by atoms with Gasteiger partial charge in [-0.1, -0.05) is 0 Å². The SMILES string of the molecule is Cc1nn([C@H]2CCS(=O)(=O)C2)c(C)c1CN(C)CC(=O)Nc1ccc2[nH]c(=O)[nH]c2c1. The van der Waals surface area contributed by atoms with Gasteiger partial charge in [-0.2, -0.15) is 5.10 Å². The van der Waals surface area contributed by atoms with E-state index >= 15 is 0 Å². The van der Waals surface area contributed by atoms with E-state index in [1.54, 1.807) is 18.2 Å². The van der Waals surface area contributed by atoms with Gasteiger partial charge < -0.3 is 15.3 Å². The highest BCUT2D eigenvalue weighted by molar-refractivity contribution is 7.91. The Labute approximate surface area is 179 Å². The fraction of sp³-hybridized carbons (Fsp3) is 0.450. The van der Waals surface area contributed by atoms with Gasteiger partial charge in [0.1, 0.15) is 0 Å². The fourth-order valence-electron chi connectivity index (χ4n) is 4.13. The molecule has 1 saturated heterocycles. The number of hydrogen-bond acceptors (Lipinski definition) is 6. The molecule has 11 heteroatoms. The van der Waals surface area contributed by atoms with E-state index in [1.807, 2.05) is 30.5 Å². The lowest BCUT2D eigenvalue weighted by molar-refractivity contribution is -0.117. The second-order valence-electron chi connectivity index (χ2n) is 8.21. The van der Waals surface area contributed by atoms with Crippen LogP contribution in [0.25, 0.3) is 11.0 Å². The Balaban J connectivity index is 1.40. The zero-order valence-electron chi connectivity index (χ0n) is 17.7. The molecule has 3 aromatic rings. The summed E-state index contributed by atoms with van der Waals surface area (Å²) in [4.78, 5) is 31.1. The van der Waals surface area contributed by atoms with Crippen molar-refractivity contribution >= 4 is 32.5 Å². The number of carbonyl (C=O) groups is 1. The van der Waals surface area contributed by atoms with E-state index in [-0.39, 0.29) is 35.7 Å². The molecule has 1 aliphatic rings. The number of likely N-dealkylation sites (N-methyl/N-ethyl adjacent to an activating group) is 1. The molecule has 0 unspecified atom stereocenters. The summed E-state index contributed by atoms with van der Waals surface area (Å²) in [6.45, 7) is 4.54. The molecule has 1 aromatic carbocycles. The van der Waals surface area contributed by atoms with Gasteiger partial charge in [0.05, 0.1) is 40.8 Å². The number of hydrogen-bond donors (Lipinski definition) is 3.